The van der Waals surface area contributed by atoms with Crippen molar-refractivity contribution in [2.45, 2.75) is 156 Å². The molecule has 4 saturated carbocycles. The summed E-state index contributed by atoms with van der Waals surface area (Å²) >= 11 is 0. The molecule has 6 aliphatic carbocycles. The lowest BCUT2D eigenvalue weighted by atomic mass is 9.33. The highest BCUT2D eigenvalue weighted by molar-refractivity contribution is 5.75. The van der Waals surface area contributed by atoms with Gasteiger partial charge in [-0.05, 0) is 172 Å². The van der Waals surface area contributed by atoms with Crippen molar-refractivity contribution in [2.24, 2.45) is 56.7 Å². The summed E-state index contributed by atoms with van der Waals surface area (Å²) in [5, 5.41) is 25.5. The van der Waals surface area contributed by atoms with Crippen molar-refractivity contribution in [3.63, 3.8) is 0 Å². The lowest BCUT2D eigenvalue weighted by molar-refractivity contribution is -0.221. The van der Waals surface area contributed by atoms with Gasteiger partial charge in [-0.3, -0.25) is 9.59 Å². The molecule has 5 fully saturated rings. The fourth-order valence-electron chi connectivity index (χ4n) is 15.2. The molecule has 0 spiro atoms. The maximum Gasteiger partial charge on any atom is 0.312 e. The number of hydrogen-bond acceptors (Lipinski definition) is 4. The molecule has 6 nitrogen and oxygen atoms in total. The summed E-state index contributed by atoms with van der Waals surface area (Å²) in [6.07, 6.45) is 18.9. The highest BCUT2D eigenvalue weighted by Gasteiger charge is 2.70. The van der Waals surface area contributed by atoms with Crippen molar-refractivity contribution in [3.05, 3.63) is 35.5 Å². The van der Waals surface area contributed by atoms with Crippen LogP contribution in [0.25, 0.3) is 0 Å². The summed E-state index contributed by atoms with van der Waals surface area (Å²) in [6, 6.07) is 0. The highest BCUT2D eigenvalue weighted by atomic mass is 19.1. The number of carboxylic acids is 1. The molecule has 0 unspecified atom stereocenters. The number of carbonyl (C=O) groups is 2. The SMILES string of the molecule is C=C(C)[C@@H]1CC[C@]2(NCCC3(O)CCN(C(C)=O)CC3)CC[C@]3(C)[C@H](CC[C@@H]4[C@@]5(C)CC=C(C6=CC[C@](CF)(C(=O)O)CC6)C(C)(C)[C@@H]5CC[C@]43C)[C@@H]12. The summed E-state index contributed by atoms with van der Waals surface area (Å²) in [7, 11) is 0. The van der Waals surface area contributed by atoms with Gasteiger partial charge in [0.15, 0.2) is 0 Å². The lowest BCUT2D eigenvalue weighted by Gasteiger charge is -2.72. The molecule has 0 radical (unpaired) electrons. The maximum atomic E-state index is 14.0. The minimum atomic E-state index is -1.26. The van der Waals surface area contributed by atoms with Crippen LogP contribution < -0.4 is 5.32 Å². The quantitative estimate of drug-likeness (QED) is 0.216. The Kier molecular flexibility index (Phi) is 9.86. The second kappa shape index (κ2) is 13.3. The Labute approximate surface area is 319 Å². The van der Waals surface area contributed by atoms with Crippen molar-refractivity contribution in [1.82, 2.24) is 10.2 Å². The van der Waals surface area contributed by atoms with Gasteiger partial charge >= 0.3 is 5.97 Å². The predicted molar refractivity (Wildman–Crippen MR) is 210 cm³/mol. The Morgan fingerprint density at radius 1 is 0.887 bits per heavy atom. The molecule has 0 aromatic heterocycles. The monoisotopic (exact) mass is 735 g/mol. The van der Waals surface area contributed by atoms with E-state index in [9.17, 15) is 24.2 Å². The Morgan fingerprint density at radius 2 is 1.60 bits per heavy atom. The molecule has 296 valence electrons. The number of nitrogens with one attached hydrogen (secondary N) is 1. The molecule has 7 rings (SSSR count). The van der Waals surface area contributed by atoms with Gasteiger partial charge in [0, 0.05) is 25.6 Å². The lowest BCUT2D eigenvalue weighted by Crippen LogP contribution is -2.68. The summed E-state index contributed by atoms with van der Waals surface area (Å²) < 4.78 is 14.0. The van der Waals surface area contributed by atoms with Crippen LogP contribution >= 0.6 is 0 Å². The van der Waals surface area contributed by atoms with E-state index in [-0.39, 0.29) is 39.5 Å². The number of alkyl halides is 1. The summed E-state index contributed by atoms with van der Waals surface area (Å²) in [6.45, 7) is 22.7. The van der Waals surface area contributed by atoms with Gasteiger partial charge in [-0.2, -0.15) is 0 Å². The first kappa shape index (κ1) is 39.3. The number of likely N-dealkylation sites (tertiary alicyclic amines) is 1. The van der Waals surface area contributed by atoms with E-state index in [2.05, 4.69) is 65.6 Å². The van der Waals surface area contributed by atoms with E-state index in [0.29, 0.717) is 68.4 Å². The van der Waals surface area contributed by atoms with Crippen LogP contribution in [-0.2, 0) is 9.59 Å². The maximum absolute atomic E-state index is 14.0. The van der Waals surface area contributed by atoms with Crippen LogP contribution in [0.15, 0.2) is 35.5 Å². The summed E-state index contributed by atoms with van der Waals surface area (Å²) in [5.74, 6) is 2.02. The first-order chi connectivity index (χ1) is 24.8. The number of amides is 1. The van der Waals surface area contributed by atoms with Gasteiger partial charge in [-0.25, -0.2) is 4.39 Å². The van der Waals surface area contributed by atoms with Crippen molar-refractivity contribution >= 4 is 11.9 Å². The molecule has 10 atom stereocenters. The molecule has 1 aliphatic heterocycles. The zero-order chi connectivity index (χ0) is 38.4. The second-order valence-corrected chi connectivity index (χ2v) is 20.9. The van der Waals surface area contributed by atoms with E-state index >= 15 is 0 Å². The number of halogens is 1. The molecular weight excluding hydrogens is 664 g/mol. The van der Waals surface area contributed by atoms with Crippen molar-refractivity contribution in [2.75, 3.05) is 26.3 Å². The number of aliphatic hydroxyl groups is 1. The topological polar surface area (TPSA) is 89.9 Å². The van der Waals surface area contributed by atoms with Crippen LogP contribution in [0.5, 0.6) is 0 Å². The number of fused-ring (bicyclic) bond motifs is 7. The van der Waals surface area contributed by atoms with Crippen LogP contribution in [0.2, 0.25) is 0 Å². The minimum Gasteiger partial charge on any atom is -0.481 e. The number of nitrogens with zero attached hydrogens (tertiary/aromatic N) is 1. The molecular formula is C46H71FN2O4. The fourth-order valence-corrected chi connectivity index (χ4v) is 15.2. The third kappa shape index (κ3) is 5.88. The van der Waals surface area contributed by atoms with Gasteiger partial charge in [-0.15, -0.1) is 0 Å². The van der Waals surface area contributed by atoms with Crippen LogP contribution in [0.3, 0.4) is 0 Å². The fraction of sp³-hybridized carbons (Fsp3) is 0.826. The number of hydrogen-bond donors (Lipinski definition) is 3. The normalized spacial score (nSPS) is 44.4. The van der Waals surface area contributed by atoms with Gasteiger partial charge in [-0.1, -0.05) is 58.9 Å². The van der Waals surface area contributed by atoms with E-state index in [4.69, 9.17) is 0 Å². The predicted octanol–water partition coefficient (Wildman–Crippen LogP) is 9.44. The Balaban J connectivity index is 1.12. The van der Waals surface area contributed by atoms with Crippen LogP contribution in [0, 0.1) is 56.7 Å². The first-order valence-electron chi connectivity index (χ1n) is 21.4. The average Bonchev–Trinajstić information content (AvgIpc) is 3.48. The van der Waals surface area contributed by atoms with E-state index < -0.39 is 23.7 Å². The van der Waals surface area contributed by atoms with Gasteiger partial charge in [0.25, 0.3) is 0 Å². The largest absolute Gasteiger partial charge is 0.481 e. The minimum absolute atomic E-state index is 0.0221. The summed E-state index contributed by atoms with van der Waals surface area (Å²) in [5.41, 5.74) is 2.79. The van der Waals surface area contributed by atoms with E-state index in [1.54, 1.807) is 6.92 Å². The number of allylic oxidation sites excluding steroid dienone is 5. The number of rotatable bonds is 8. The number of piperidine rings is 1. The number of carboxylic acid groups (broad SMARTS) is 1. The molecule has 0 aromatic rings. The molecule has 53 heavy (non-hydrogen) atoms. The third-order valence-corrected chi connectivity index (χ3v) is 18.5. The van der Waals surface area contributed by atoms with Gasteiger partial charge < -0.3 is 20.4 Å². The van der Waals surface area contributed by atoms with Gasteiger partial charge in [0.05, 0.1) is 11.0 Å². The Morgan fingerprint density at radius 3 is 2.21 bits per heavy atom. The molecule has 0 bridgehead atoms. The standard InChI is InChI=1S/C46H71FN2O4/c1-30(2)33-13-20-46(48-26-23-45(53)24-27-49(28-25-45)31(3)50)22-21-42(7)35(38(33)46)9-10-37-41(6)16-14-34(40(4,5)36(41)15-17-43(37,42)8)32-11-18-44(29-47,19-12-32)39(51)52/h11,14,33,35-38,48,53H,1,9-10,12-13,15-29H2,2-8H3,(H,51,52)/t33-,35+,36-,37+,38+,41-,42+,43+,44-,46-/m0/s1. The van der Waals surface area contributed by atoms with Crippen molar-refractivity contribution < 1.29 is 24.2 Å². The van der Waals surface area contributed by atoms with Gasteiger partial charge in [0.1, 0.15) is 6.67 Å². The van der Waals surface area contributed by atoms with E-state index in [1.165, 1.54) is 68.1 Å². The molecule has 1 heterocycles. The van der Waals surface area contributed by atoms with E-state index in [0.717, 1.165) is 19.4 Å². The molecule has 7 heteroatoms. The smallest absolute Gasteiger partial charge is 0.312 e. The average molecular weight is 735 g/mol. The number of carbonyl (C=O) groups excluding carboxylic acids is 1. The third-order valence-electron chi connectivity index (χ3n) is 18.5. The Bertz CT molecular complexity index is 1560. The van der Waals surface area contributed by atoms with Crippen LogP contribution in [0.4, 0.5) is 4.39 Å². The van der Waals surface area contributed by atoms with Crippen molar-refractivity contribution in [1.29, 1.82) is 0 Å². The van der Waals surface area contributed by atoms with Crippen molar-refractivity contribution in [3.8, 4) is 0 Å². The molecule has 7 aliphatic rings. The zero-order valence-electron chi connectivity index (χ0n) is 34.2. The molecule has 0 aromatic carbocycles. The van der Waals surface area contributed by atoms with Gasteiger partial charge in [0.2, 0.25) is 5.91 Å². The Hall–Kier alpha value is -1.99. The molecule has 1 saturated heterocycles. The van der Waals surface area contributed by atoms with E-state index in [1.807, 2.05) is 4.90 Å². The van der Waals surface area contributed by atoms with Crippen LogP contribution in [0.1, 0.15) is 145 Å². The molecule has 1 amide bonds. The zero-order valence-corrected chi connectivity index (χ0v) is 34.2. The summed E-state index contributed by atoms with van der Waals surface area (Å²) in [4.78, 5) is 25.8. The first-order valence-corrected chi connectivity index (χ1v) is 21.4. The van der Waals surface area contributed by atoms with Crippen LogP contribution in [-0.4, -0.2) is 64.4 Å². The molecule has 3 N–H and O–H groups in total. The number of aliphatic carboxylic acids is 1. The second-order valence-electron chi connectivity index (χ2n) is 20.9. The highest BCUT2D eigenvalue weighted by Crippen LogP contribution is 2.76.